The summed E-state index contributed by atoms with van der Waals surface area (Å²) in [6, 6.07) is 12.4. The van der Waals surface area contributed by atoms with E-state index in [1.165, 1.54) is 7.11 Å². The first-order valence-electron chi connectivity index (χ1n) is 6.98. The van der Waals surface area contributed by atoms with Crippen molar-refractivity contribution in [3.63, 3.8) is 0 Å². The summed E-state index contributed by atoms with van der Waals surface area (Å²) in [4.78, 5) is 23.3. The fourth-order valence-electron chi connectivity index (χ4n) is 1.95. The number of nitrogens with one attached hydrogen (secondary N) is 2. The summed E-state index contributed by atoms with van der Waals surface area (Å²) in [5.41, 5.74) is 3.05. The molecule has 2 rings (SSSR count). The molecule has 23 heavy (non-hydrogen) atoms. The van der Waals surface area contributed by atoms with E-state index in [-0.39, 0.29) is 12.5 Å². The molecule has 2 aromatic rings. The molecule has 0 bridgehead atoms. The summed E-state index contributed by atoms with van der Waals surface area (Å²) in [6.07, 6.45) is 0. The van der Waals surface area contributed by atoms with E-state index in [2.05, 4.69) is 31.3 Å². The minimum absolute atomic E-state index is 0.139. The molecule has 0 saturated heterocycles. The molecule has 6 heteroatoms. The second-order valence-electron chi connectivity index (χ2n) is 4.95. The van der Waals surface area contributed by atoms with Gasteiger partial charge in [0.2, 0.25) is 5.91 Å². The van der Waals surface area contributed by atoms with Crippen LogP contribution in [0, 0.1) is 6.92 Å². The fraction of sp³-hybridized carbons (Fsp3) is 0.176. The number of carbonyl (C=O) groups is 2. The first-order valence-corrected chi connectivity index (χ1v) is 7.77. The molecule has 2 N–H and O–H groups in total. The number of aryl methyl sites for hydroxylation is 1. The van der Waals surface area contributed by atoms with Crippen molar-refractivity contribution in [2.45, 2.75) is 6.92 Å². The standard InChI is InChI=1S/C17H17BrN2O3/c1-11-3-8-15(14(18)9-11)19-10-16(21)20-13-6-4-12(5-7-13)17(22)23-2/h3-9,19H,10H2,1-2H3,(H,20,21). The molecule has 1 amide bonds. The molecule has 0 unspecified atom stereocenters. The van der Waals surface area contributed by atoms with Crippen LogP contribution in [0.1, 0.15) is 15.9 Å². The first kappa shape index (κ1) is 17.0. The number of amides is 1. The van der Waals surface area contributed by atoms with Gasteiger partial charge in [0.05, 0.1) is 19.2 Å². The Labute approximate surface area is 143 Å². The minimum Gasteiger partial charge on any atom is -0.465 e. The molecule has 0 spiro atoms. The molecule has 0 heterocycles. The number of hydrogen-bond acceptors (Lipinski definition) is 4. The zero-order valence-electron chi connectivity index (χ0n) is 12.9. The highest BCUT2D eigenvalue weighted by molar-refractivity contribution is 9.10. The third kappa shape index (κ3) is 4.82. The van der Waals surface area contributed by atoms with Crippen LogP contribution < -0.4 is 10.6 Å². The summed E-state index contributed by atoms with van der Waals surface area (Å²) in [5.74, 6) is -0.586. The van der Waals surface area contributed by atoms with Crippen molar-refractivity contribution in [1.29, 1.82) is 0 Å². The predicted molar refractivity (Wildman–Crippen MR) is 93.8 cm³/mol. The molecule has 0 fully saturated rings. The van der Waals surface area contributed by atoms with Gasteiger partial charge < -0.3 is 15.4 Å². The zero-order chi connectivity index (χ0) is 16.8. The number of anilines is 2. The van der Waals surface area contributed by atoms with E-state index in [1.54, 1.807) is 24.3 Å². The van der Waals surface area contributed by atoms with E-state index in [4.69, 9.17) is 0 Å². The Morgan fingerprint density at radius 1 is 1.13 bits per heavy atom. The van der Waals surface area contributed by atoms with E-state index >= 15 is 0 Å². The molecule has 0 radical (unpaired) electrons. The minimum atomic E-state index is -0.409. The van der Waals surface area contributed by atoms with Crippen molar-refractivity contribution in [3.05, 3.63) is 58.1 Å². The Hall–Kier alpha value is -2.34. The van der Waals surface area contributed by atoms with Crippen LogP contribution >= 0.6 is 15.9 Å². The maximum atomic E-state index is 12.0. The van der Waals surface area contributed by atoms with Crippen molar-refractivity contribution >= 4 is 39.2 Å². The van der Waals surface area contributed by atoms with E-state index in [0.717, 1.165) is 15.7 Å². The Morgan fingerprint density at radius 2 is 1.83 bits per heavy atom. The van der Waals surface area contributed by atoms with Gasteiger partial charge in [0.15, 0.2) is 0 Å². The van der Waals surface area contributed by atoms with E-state index < -0.39 is 5.97 Å². The van der Waals surface area contributed by atoms with Gasteiger partial charge >= 0.3 is 5.97 Å². The quantitative estimate of drug-likeness (QED) is 0.782. The van der Waals surface area contributed by atoms with Crippen molar-refractivity contribution in [1.82, 2.24) is 0 Å². The highest BCUT2D eigenvalue weighted by Crippen LogP contribution is 2.23. The SMILES string of the molecule is COC(=O)c1ccc(NC(=O)CNc2ccc(C)cc2Br)cc1. The normalized spacial score (nSPS) is 10.0. The lowest BCUT2D eigenvalue weighted by Crippen LogP contribution is -2.21. The summed E-state index contributed by atoms with van der Waals surface area (Å²) in [6.45, 7) is 2.14. The lowest BCUT2D eigenvalue weighted by atomic mass is 10.2. The molecule has 2 aromatic carbocycles. The number of ether oxygens (including phenoxy) is 1. The topological polar surface area (TPSA) is 67.4 Å². The average molecular weight is 377 g/mol. The average Bonchev–Trinajstić information content (AvgIpc) is 2.54. The third-order valence-corrected chi connectivity index (χ3v) is 3.81. The summed E-state index contributed by atoms with van der Waals surface area (Å²) >= 11 is 3.45. The number of methoxy groups -OCH3 is 1. The van der Waals surface area contributed by atoms with Gasteiger partial charge in [0.1, 0.15) is 0 Å². The Morgan fingerprint density at radius 3 is 2.43 bits per heavy atom. The number of esters is 1. The maximum Gasteiger partial charge on any atom is 0.337 e. The summed E-state index contributed by atoms with van der Waals surface area (Å²) in [5, 5.41) is 5.82. The van der Waals surface area contributed by atoms with Gasteiger partial charge in [0.25, 0.3) is 0 Å². The highest BCUT2D eigenvalue weighted by Gasteiger charge is 2.07. The van der Waals surface area contributed by atoms with Crippen LogP contribution in [0.25, 0.3) is 0 Å². The monoisotopic (exact) mass is 376 g/mol. The van der Waals surface area contributed by atoms with Gasteiger partial charge in [-0.15, -0.1) is 0 Å². The smallest absolute Gasteiger partial charge is 0.337 e. The van der Waals surface area contributed by atoms with E-state index in [9.17, 15) is 9.59 Å². The molecule has 0 saturated carbocycles. The molecule has 5 nitrogen and oxygen atoms in total. The van der Waals surface area contributed by atoms with Crippen molar-refractivity contribution < 1.29 is 14.3 Å². The second-order valence-corrected chi connectivity index (χ2v) is 5.81. The number of benzene rings is 2. The van der Waals surface area contributed by atoms with Crippen LogP contribution in [0.4, 0.5) is 11.4 Å². The lowest BCUT2D eigenvalue weighted by Gasteiger charge is -2.10. The number of carbonyl (C=O) groups excluding carboxylic acids is 2. The van der Waals surface area contributed by atoms with Crippen molar-refractivity contribution in [2.24, 2.45) is 0 Å². The molecule has 120 valence electrons. The van der Waals surface area contributed by atoms with Crippen molar-refractivity contribution in [3.8, 4) is 0 Å². The third-order valence-electron chi connectivity index (χ3n) is 3.15. The Kier molecular flexibility index (Phi) is 5.76. The van der Waals surface area contributed by atoms with Crippen LogP contribution in [0.3, 0.4) is 0 Å². The van der Waals surface area contributed by atoms with E-state index in [0.29, 0.717) is 11.3 Å². The van der Waals surface area contributed by atoms with Gasteiger partial charge in [-0.05, 0) is 64.8 Å². The first-order chi connectivity index (χ1) is 11.0. The Balaban J connectivity index is 1.90. The van der Waals surface area contributed by atoms with Gasteiger partial charge in [-0.1, -0.05) is 6.07 Å². The van der Waals surface area contributed by atoms with E-state index in [1.807, 2.05) is 25.1 Å². The van der Waals surface area contributed by atoms with Crippen LogP contribution in [0.2, 0.25) is 0 Å². The van der Waals surface area contributed by atoms with Gasteiger partial charge in [-0.3, -0.25) is 4.79 Å². The van der Waals surface area contributed by atoms with Gasteiger partial charge in [0, 0.05) is 15.8 Å². The molecule has 0 aliphatic rings. The molecular weight excluding hydrogens is 360 g/mol. The summed E-state index contributed by atoms with van der Waals surface area (Å²) in [7, 11) is 1.33. The van der Waals surface area contributed by atoms with Crippen LogP contribution in [-0.2, 0) is 9.53 Å². The molecule has 0 aromatic heterocycles. The zero-order valence-corrected chi connectivity index (χ0v) is 14.4. The highest BCUT2D eigenvalue weighted by atomic mass is 79.9. The molecule has 0 atom stereocenters. The second kappa shape index (κ2) is 7.78. The van der Waals surface area contributed by atoms with Crippen LogP contribution in [-0.4, -0.2) is 25.5 Å². The Bertz CT molecular complexity index is 714. The van der Waals surface area contributed by atoms with Gasteiger partial charge in [-0.25, -0.2) is 4.79 Å². The predicted octanol–water partition coefficient (Wildman–Crippen LogP) is 3.59. The maximum absolute atomic E-state index is 12.0. The molecular formula is C17H17BrN2O3. The van der Waals surface area contributed by atoms with Crippen LogP contribution in [0.15, 0.2) is 46.9 Å². The molecule has 0 aliphatic carbocycles. The lowest BCUT2D eigenvalue weighted by molar-refractivity contribution is -0.114. The number of rotatable bonds is 5. The summed E-state index contributed by atoms with van der Waals surface area (Å²) < 4.78 is 5.53. The number of halogens is 1. The molecule has 0 aliphatic heterocycles. The largest absolute Gasteiger partial charge is 0.465 e. The van der Waals surface area contributed by atoms with Crippen LogP contribution in [0.5, 0.6) is 0 Å². The van der Waals surface area contributed by atoms with Gasteiger partial charge in [-0.2, -0.15) is 0 Å². The fourth-order valence-corrected chi connectivity index (χ4v) is 2.59. The van der Waals surface area contributed by atoms with Crippen molar-refractivity contribution in [2.75, 3.05) is 24.3 Å². The number of hydrogen-bond donors (Lipinski definition) is 2.